The van der Waals surface area contributed by atoms with Crippen molar-refractivity contribution in [1.82, 2.24) is 5.32 Å². The number of hydrogen-bond acceptors (Lipinski definition) is 3. The molecule has 0 aliphatic heterocycles. The summed E-state index contributed by atoms with van der Waals surface area (Å²) in [5.41, 5.74) is 1.27. The Morgan fingerprint density at radius 3 is 2.50 bits per heavy atom. The number of rotatable bonds is 8. The van der Waals surface area contributed by atoms with E-state index in [2.05, 4.69) is 29.6 Å². The maximum atomic E-state index is 5.22. The fourth-order valence-electron chi connectivity index (χ4n) is 1.62. The van der Waals surface area contributed by atoms with Crippen molar-refractivity contribution in [3.63, 3.8) is 0 Å². The molecule has 0 saturated carbocycles. The summed E-state index contributed by atoms with van der Waals surface area (Å²) in [6.07, 6.45) is 1.02. The molecule has 16 heavy (non-hydrogen) atoms. The molecule has 1 N–H and O–H groups in total. The molecule has 3 heteroatoms. The van der Waals surface area contributed by atoms with Gasteiger partial charge in [0.1, 0.15) is 0 Å². The van der Waals surface area contributed by atoms with E-state index in [-0.39, 0.29) is 6.04 Å². The van der Waals surface area contributed by atoms with E-state index in [0.29, 0.717) is 6.61 Å². The lowest BCUT2D eigenvalue weighted by molar-refractivity contribution is 0.161. The van der Waals surface area contributed by atoms with Gasteiger partial charge < -0.3 is 14.8 Å². The standard InChI is InChI=1S/C13H21NO2/c1-15-10-6-9-14-13(11-16-2)12-7-4-3-5-8-12/h3-5,7-8,13-14H,6,9-11H2,1-2H3. The summed E-state index contributed by atoms with van der Waals surface area (Å²) >= 11 is 0. The van der Waals surface area contributed by atoms with Crippen LogP contribution in [0.3, 0.4) is 0 Å². The van der Waals surface area contributed by atoms with Crippen molar-refractivity contribution in [3.05, 3.63) is 35.9 Å². The Morgan fingerprint density at radius 1 is 1.12 bits per heavy atom. The molecule has 0 radical (unpaired) electrons. The van der Waals surface area contributed by atoms with Crippen LogP contribution < -0.4 is 5.32 Å². The summed E-state index contributed by atoms with van der Waals surface area (Å²) in [6.45, 7) is 2.43. The third-order valence-corrected chi connectivity index (χ3v) is 2.45. The lowest BCUT2D eigenvalue weighted by Gasteiger charge is -2.18. The smallest absolute Gasteiger partial charge is 0.0657 e. The Kier molecular flexibility index (Phi) is 6.81. The molecule has 1 unspecified atom stereocenters. The number of methoxy groups -OCH3 is 2. The van der Waals surface area contributed by atoms with E-state index in [1.54, 1.807) is 14.2 Å². The van der Waals surface area contributed by atoms with E-state index in [9.17, 15) is 0 Å². The van der Waals surface area contributed by atoms with Crippen molar-refractivity contribution in [2.24, 2.45) is 0 Å². The molecule has 0 heterocycles. The first-order chi connectivity index (χ1) is 7.88. The van der Waals surface area contributed by atoms with Gasteiger partial charge in [0.05, 0.1) is 12.6 Å². The van der Waals surface area contributed by atoms with Gasteiger partial charge in [0.15, 0.2) is 0 Å². The van der Waals surface area contributed by atoms with Crippen LogP contribution in [-0.4, -0.2) is 34.0 Å². The van der Waals surface area contributed by atoms with Crippen LogP contribution in [0.5, 0.6) is 0 Å². The van der Waals surface area contributed by atoms with E-state index in [1.807, 2.05) is 6.07 Å². The first-order valence-electron chi connectivity index (χ1n) is 5.64. The third kappa shape index (κ3) is 4.75. The van der Waals surface area contributed by atoms with Gasteiger partial charge in [0.2, 0.25) is 0 Å². The molecule has 0 amide bonds. The van der Waals surface area contributed by atoms with E-state index < -0.39 is 0 Å². The van der Waals surface area contributed by atoms with Crippen LogP contribution in [0, 0.1) is 0 Å². The normalized spacial score (nSPS) is 12.6. The maximum absolute atomic E-state index is 5.22. The van der Waals surface area contributed by atoms with Crippen molar-refractivity contribution in [2.75, 3.05) is 34.0 Å². The maximum Gasteiger partial charge on any atom is 0.0657 e. The molecule has 1 atom stereocenters. The zero-order valence-corrected chi connectivity index (χ0v) is 10.1. The Morgan fingerprint density at radius 2 is 1.88 bits per heavy atom. The summed E-state index contributed by atoms with van der Waals surface area (Å²) in [6, 6.07) is 10.6. The third-order valence-electron chi connectivity index (χ3n) is 2.45. The number of ether oxygens (including phenoxy) is 2. The van der Waals surface area contributed by atoms with Crippen molar-refractivity contribution < 1.29 is 9.47 Å². The van der Waals surface area contributed by atoms with Crippen molar-refractivity contribution in [3.8, 4) is 0 Å². The lowest BCUT2D eigenvalue weighted by atomic mass is 10.1. The first-order valence-corrected chi connectivity index (χ1v) is 5.64. The van der Waals surface area contributed by atoms with Crippen molar-refractivity contribution in [2.45, 2.75) is 12.5 Å². The zero-order chi connectivity index (χ0) is 11.6. The summed E-state index contributed by atoms with van der Waals surface area (Å²) in [7, 11) is 3.45. The minimum Gasteiger partial charge on any atom is -0.385 e. The second-order valence-electron chi connectivity index (χ2n) is 3.72. The van der Waals surface area contributed by atoms with Crippen LogP contribution in [-0.2, 0) is 9.47 Å². The fraction of sp³-hybridized carbons (Fsp3) is 0.538. The van der Waals surface area contributed by atoms with Gasteiger partial charge in [0.25, 0.3) is 0 Å². The van der Waals surface area contributed by atoms with Crippen molar-refractivity contribution in [1.29, 1.82) is 0 Å². The summed E-state index contributed by atoms with van der Waals surface area (Å²) in [5.74, 6) is 0. The van der Waals surface area contributed by atoms with E-state index in [0.717, 1.165) is 19.6 Å². The lowest BCUT2D eigenvalue weighted by Crippen LogP contribution is -2.26. The molecule has 1 aromatic rings. The summed E-state index contributed by atoms with van der Waals surface area (Å²) in [5, 5.41) is 3.47. The Hall–Kier alpha value is -0.900. The van der Waals surface area contributed by atoms with Crippen LogP contribution in [0.2, 0.25) is 0 Å². The fourth-order valence-corrected chi connectivity index (χ4v) is 1.62. The Labute approximate surface area is 97.8 Å². The van der Waals surface area contributed by atoms with Crippen LogP contribution in [0.15, 0.2) is 30.3 Å². The Balaban J connectivity index is 2.41. The van der Waals surface area contributed by atoms with E-state index in [1.165, 1.54) is 5.56 Å². The molecule has 0 fully saturated rings. The van der Waals surface area contributed by atoms with Crippen LogP contribution in [0.1, 0.15) is 18.0 Å². The highest BCUT2D eigenvalue weighted by molar-refractivity contribution is 5.18. The number of benzene rings is 1. The molecular formula is C13H21NO2. The molecule has 90 valence electrons. The number of hydrogen-bond donors (Lipinski definition) is 1. The van der Waals surface area contributed by atoms with Gasteiger partial charge in [-0.3, -0.25) is 0 Å². The zero-order valence-electron chi connectivity index (χ0n) is 10.1. The molecule has 3 nitrogen and oxygen atoms in total. The predicted octanol–water partition coefficient (Wildman–Crippen LogP) is 2.00. The van der Waals surface area contributed by atoms with Crippen molar-refractivity contribution >= 4 is 0 Å². The molecule has 1 rings (SSSR count). The van der Waals surface area contributed by atoms with Gasteiger partial charge in [-0.1, -0.05) is 30.3 Å². The SMILES string of the molecule is COCCCNC(COC)c1ccccc1. The molecule has 0 aromatic heterocycles. The van der Waals surface area contributed by atoms with Crippen LogP contribution in [0.4, 0.5) is 0 Å². The average molecular weight is 223 g/mol. The molecule has 0 bridgehead atoms. The first kappa shape index (κ1) is 13.2. The topological polar surface area (TPSA) is 30.5 Å². The predicted molar refractivity (Wildman–Crippen MR) is 65.6 cm³/mol. The largest absolute Gasteiger partial charge is 0.385 e. The molecule has 0 aliphatic rings. The van der Waals surface area contributed by atoms with E-state index in [4.69, 9.17) is 9.47 Å². The van der Waals surface area contributed by atoms with Gasteiger partial charge in [-0.2, -0.15) is 0 Å². The highest BCUT2D eigenvalue weighted by Gasteiger charge is 2.09. The minimum atomic E-state index is 0.267. The monoisotopic (exact) mass is 223 g/mol. The molecule has 0 spiro atoms. The average Bonchev–Trinajstić information content (AvgIpc) is 2.34. The molecule has 0 aliphatic carbocycles. The van der Waals surface area contributed by atoms with Gasteiger partial charge in [-0.05, 0) is 18.5 Å². The van der Waals surface area contributed by atoms with Gasteiger partial charge >= 0.3 is 0 Å². The quantitative estimate of drug-likeness (QED) is 0.684. The van der Waals surface area contributed by atoms with Gasteiger partial charge in [0, 0.05) is 20.8 Å². The van der Waals surface area contributed by atoms with Crippen LogP contribution in [0.25, 0.3) is 0 Å². The van der Waals surface area contributed by atoms with Gasteiger partial charge in [-0.25, -0.2) is 0 Å². The summed E-state index contributed by atoms with van der Waals surface area (Å²) in [4.78, 5) is 0. The summed E-state index contributed by atoms with van der Waals surface area (Å²) < 4.78 is 10.2. The van der Waals surface area contributed by atoms with E-state index >= 15 is 0 Å². The molecular weight excluding hydrogens is 202 g/mol. The second-order valence-corrected chi connectivity index (χ2v) is 3.72. The van der Waals surface area contributed by atoms with Gasteiger partial charge in [-0.15, -0.1) is 0 Å². The highest BCUT2D eigenvalue weighted by atomic mass is 16.5. The highest BCUT2D eigenvalue weighted by Crippen LogP contribution is 2.12. The van der Waals surface area contributed by atoms with Crippen LogP contribution >= 0.6 is 0 Å². The second kappa shape index (κ2) is 8.28. The molecule has 1 aromatic carbocycles. The minimum absolute atomic E-state index is 0.267. The number of nitrogens with one attached hydrogen (secondary N) is 1. The molecule has 0 saturated heterocycles. The Bertz CT molecular complexity index is 264.